The van der Waals surface area contributed by atoms with Crippen molar-refractivity contribution in [3.8, 4) is 22.3 Å². The molecule has 0 unspecified atom stereocenters. The molecule has 168 valence electrons. The number of rotatable bonds is 11. The number of benzene rings is 3. The molecule has 3 aromatic carbocycles. The average molecular weight is 497 g/mol. The third-order valence-corrected chi connectivity index (χ3v) is 6.74. The summed E-state index contributed by atoms with van der Waals surface area (Å²) in [7, 11) is 0. The van der Waals surface area contributed by atoms with Gasteiger partial charge in [0, 0.05) is 23.1 Å². The first-order chi connectivity index (χ1) is 15.7. The number of ether oxygens (including phenoxy) is 2. The van der Waals surface area contributed by atoms with Crippen LogP contribution in [0.1, 0.15) is 24.0 Å². The molecular formula is C27H29BrO4. The molecule has 1 aliphatic rings. The van der Waals surface area contributed by atoms with E-state index >= 15 is 0 Å². The lowest BCUT2D eigenvalue weighted by Gasteiger charge is -2.32. The standard InChI is InChI=1S/C27H29BrO4/c28-22-7-8-23-24-18-21(20-4-2-1-3-5-20)6-9-25(24)27(26(23)19-22,10-14-31-16-12-29)11-15-32-17-13-30/h1-9,18-19,29-30H,10-17H2. The van der Waals surface area contributed by atoms with Crippen molar-refractivity contribution in [2.45, 2.75) is 18.3 Å². The Morgan fingerprint density at radius 2 is 1.34 bits per heavy atom. The van der Waals surface area contributed by atoms with Crippen LogP contribution in [0.25, 0.3) is 22.3 Å². The molecule has 32 heavy (non-hydrogen) atoms. The normalized spacial score (nSPS) is 13.7. The highest BCUT2D eigenvalue weighted by Crippen LogP contribution is 2.54. The summed E-state index contributed by atoms with van der Waals surface area (Å²) < 4.78 is 12.5. The first kappa shape index (κ1) is 23.1. The van der Waals surface area contributed by atoms with Gasteiger partial charge in [0.05, 0.1) is 26.4 Å². The second kappa shape index (κ2) is 10.7. The van der Waals surface area contributed by atoms with Gasteiger partial charge in [-0.15, -0.1) is 0 Å². The number of fused-ring (bicyclic) bond motifs is 3. The molecule has 4 rings (SSSR count). The molecule has 0 saturated heterocycles. The highest BCUT2D eigenvalue weighted by atomic mass is 79.9. The molecule has 0 bridgehead atoms. The van der Waals surface area contributed by atoms with Crippen molar-refractivity contribution in [1.82, 2.24) is 0 Å². The van der Waals surface area contributed by atoms with E-state index in [1.807, 2.05) is 6.07 Å². The Kier molecular flexibility index (Phi) is 7.76. The zero-order valence-electron chi connectivity index (χ0n) is 18.1. The number of hydrogen-bond acceptors (Lipinski definition) is 4. The zero-order valence-corrected chi connectivity index (χ0v) is 19.7. The Bertz CT molecular complexity index is 1020. The molecule has 0 saturated carbocycles. The van der Waals surface area contributed by atoms with E-state index < -0.39 is 0 Å². The minimum atomic E-state index is -0.255. The third kappa shape index (κ3) is 4.68. The Morgan fingerprint density at radius 1 is 0.656 bits per heavy atom. The van der Waals surface area contributed by atoms with Gasteiger partial charge in [0.25, 0.3) is 0 Å². The van der Waals surface area contributed by atoms with E-state index in [1.165, 1.54) is 33.4 Å². The number of aliphatic hydroxyl groups is 2. The molecule has 0 heterocycles. The molecule has 0 amide bonds. The topological polar surface area (TPSA) is 58.9 Å². The smallest absolute Gasteiger partial charge is 0.0697 e. The van der Waals surface area contributed by atoms with Crippen molar-refractivity contribution in [2.24, 2.45) is 0 Å². The fourth-order valence-electron chi connectivity index (χ4n) is 4.78. The van der Waals surface area contributed by atoms with E-state index in [0.717, 1.165) is 17.3 Å². The summed E-state index contributed by atoms with van der Waals surface area (Å²) >= 11 is 3.67. The summed E-state index contributed by atoms with van der Waals surface area (Å²) in [5.74, 6) is 0. The predicted octanol–water partition coefficient (Wildman–Crippen LogP) is 5.18. The van der Waals surface area contributed by atoms with Crippen LogP contribution < -0.4 is 0 Å². The Morgan fingerprint density at radius 3 is 2.00 bits per heavy atom. The van der Waals surface area contributed by atoms with Gasteiger partial charge in [-0.05, 0) is 64.4 Å². The van der Waals surface area contributed by atoms with Crippen LogP contribution in [0.5, 0.6) is 0 Å². The number of halogens is 1. The van der Waals surface area contributed by atoms with Crippen molar-refractivity contribution in [3.63, 3.8) is 0 Å². The van der Waals surface area contributed by atoms with Gasteiger partial charge in [-0.25, -0.2) is 0 Å². The second-order valence-corrected chi connectivity index (χ2v) is 8.99. The molecule has 1 aliphatic carbocycles. The molecule has 2 N–H and O–H groups in total. The zero-order chi connectivity index (χ0) is 22.4. The third-order valence-electron chi connectivity index (χ3n) is 6.25. The summed E-state index contributed by atoms with van der Waals surface area (Å²) in [6, 6.07) is 23.7. The molecule has 0 atom stereocenters. The van der Waals surface area contributed by atoms with Gasteiger partial charge in [0.2, 0.25) is 0 Å². The first-order valence-electron chi connectivity index (χ1n) is 11.1. The Balaban J connectivity index is 1.79. The molecular weight excluding hydrogens is 468 g/mol. The van der Waals surface area contributed by atoms with Crippen molar-refractivity contribution in [3.05, 3.63) is 82.3 Å². The minimum absolute atomic E-state index is 0.0196. The van der Waals surface area contributed by atoms with Crippen LogP contribution in [-0.4, -0.2) is 49.9 Å². The van der Waals surface area contributed by atoms with Crippen LogP contribution >= 0.6 is 15.9 Å². The lowest BCUT2D eigenvalue weighted by Crippen LogP contribution is -2.29. The highest BCUT2D eigenvalue weighted by Gasteiger charge is 2.43. The van der Waals surface area contributed by atoms with E-state index in [2.05, 4.69) is 76.6 Å². The maximum atomic E-state index is 9.14. The van der Waals surface area contributed by atoms with E-state index in [9.17, 15) is 0 Å². The maximum absolute atomic E-state index is 9.14. The lowest BCUT2D eigenvalue weighted by molar-refractivity contribution is 0.0646. The van der Waals surface area contributed by atoms with Crippen LogP contribution in [0.15, 0.2) is 71.2 Å². The summed E-state index contributed by atoms with van der Waals surface area (Å²) in [6.07, 6.45) is 1.58. The number of hydrogen-bond donors (Lipinski definition) is 2. The van der Waals surface area contributed by atoms with E-state index in [-0.39, 0.29) is 18.6 Å². The SMILES string of the molecule is OCCOCCC1(CCOCCO)c2ccc(-c3ccccc3)cc2-c2ccc(Br)cc21. The van der Waals surface area contributed by atoms with Crippen molar-refractivity contribution >= 4 is 15.9 Å². The van der Waals surface area contributed by atoms with E-state index in [4.69, 9.17) is 19.7 Å². The average Bonchev–Trinajstić information content (AvgIpc) is 3.09. The van der Waals surface area contributed by atoms with Gasteiger partial charge in [-0.2, -0.15) is 0 Å². The first-order valence-corrected chi connectivity index (χ1v) is 11.9. The predicted molar refractivity (Wildman–Crippen MR) is 131 cm³/mol. The highest BCUT2D eigenvalue weighted by molar-refractivity contribution is 9.10. The maximum Gasteiger partial charge on any atom is 0.0697 e. The van der Waals surface area contributed by atoms with Crippen LogP contribution in [0.2, 0.25) is 0 Å². The van der Waals surface area contributed by atoms with Gasteiger partial charge in [0.15, 0.2) is 0 Å². The van der Waals surface area contributed by atoms with Gasteiger partial charge in [-0.3, -0.25) is 0 Å². The lowest BCUT2D eigenvalue weighted by atomic mass is 9.73. The van der Waals surface area contributed by atoms with Crippen molar-refractivity contribution < 1.29 is 19.7 Å². The van der Waals surface area contributed by atoms with E-state index in [1.54, 1.807) is 0 Å². The van der Waals surface area contributed by atoms with Gasteiger partial charge in [0.1, 0.15) is 0 Å². The van der Waals surface area contributed by atoms with E-state index in [0.29, 0.717) is 26.4 Å². The summed E-state index contributed by atoms with van der Waals surface area (Å²) in [4.78, 5) is 0. The number of aliphatic hydroxyl groups excluding tert-OH is 2. The van der Waals surface area contributed by atoms with Crippen molar-refractivity contribution in [1.29, 1.82) is 0 Å². The molecule has 0 radical (unpaired) electrons. The summed E-state index contributed by atoms with van der Waals surface area (Å²) in [5, 5.41) is 18.3. The molecule has 0 aromatic heterocycles. The van der Waals surface area contributed by atoms with Crippen LogP contribution in [0, 0.1) is 0 Å². The summed E-state index contributed by atoms with van der Waals surface area (Å²) in [6.45, 7) is 1.81. The molecule has 4 nitrogen and oxygen atoms in total. The molecule has 0 aliphatic heterocycles. The monoisotopic (exact) mass is 496 g/mol. The van der Waals surface area contributed by atoms with Gasteiger partial charge < -0.3 is 19.7 Å². The molecule has 0 spiro atoms. The van der Waals surface area contributed by atoms with Crippen LogP contribution in [0.4, 0.5) is 0 Å². The van der Waals surface area contributed by atoms with Gasteiger partial charge >= 0.3 is 0 Å². The van der Waals surface area contributed by atoms with Crippen LogP contribution in [-0.2, 0) is 14.9 Å². The van der Waals surface area contributed by atoms with Gasteiger partial charge in [-0.1, -0.05) is 64.5 Å². The molecule has 3 aromatic rings. The quantitative estimate of drug-likeness (QED) is 0.359. The molecule has 5 heteroatoms. The fraction of sp³-hybridized carbons (Fsp3) is 0.333. The Labute approximate surface area is 198 Å². The van der Waals surface area contributed by atoms with Crippen molar-refractivity contribution in [2.75, 3.05) is 39.6 Å². The van der Waals surface area contributed by atoms with Crippen LogP contribution in [0.3, 0.4) is 0 Å². The second-order valence-electron chi connectivity index (χ2n) is 8.07. The fourth-order valence-corrected chi connectivity index (χ4v) is 5.14. The minimum Gasteiger partial charge on any atom is -0.394 e. The Hall–Kier alpha value is -2.02. The molecule has 0 fully saturated rings. The largest absolute Gasteiger partial charge is 0.394 e. The summed E-state index contributed by atoms with van der Waals surface area (Å²) in [5.41, 5.74) is 7.18.